The zero-order valence-electron chi connectivity index (χ0n) is 34.3. The minimum Gasteiger partial charge on any atom is -0.481 e. The molecule has 0 heterocycles. The second-order valence-electron chi connectivity index (χ2n) is 13.6. The molecule has 0 aromatic heterocycles. The van der Waals surface area contributed by atoms with Gasteiger partial charge in [-0.15, -0.1) is 24.8 Å². The average Bonchev–Trinajstić information content (AvgIpc) is 3.09. The van der Waals surface area contributed by atoms with E-state index in [9.17, 15) is 38.4 Å². The average molecular weight is 882 g/mol. The summed E-state index contributed by atoms with van der Waals surface area (Å²) in [5.41, 5.74) is 0. The van der Waals surface area contributed by atoms with E-state index in [1.807, 2.05) is 0 Å². The number of halogens is 2. The van der Waals surface area contributed by atoms with Gasteiger partial charge in [-0.05, 0) is 51.4 Å². The molecule has 8 N–H and O–H groups in total. The SMILES string of the molecule is Cl.Cl.O=C(O)CCCCCCCCC(=O)O.O=C(O)CCCCCCCCC(=O)O.O=C(O)CCCCCCCCC(=O)O.O=C(O)CCCCCCCCC(=O)O. The zero-order valence-corrected chi connectivity index (χ0v) is 35.9. The van der Waals surface area contributed by atoms with Crippen LogP contribution in [-0.2, 0) is 38.4 Å². The maximum atomic E-state index is 10.1. The lowest BCUT2D eigenvalue weighted by molar-refractivity contribution is -0.138. The molecule has 0 bridgehead atoms. The maximum absolute atomic E-state index is 10.1. The van der Waals surface area contributed by atoms with E-state index in [0.717, 1.165) is 154 Å². The highest BCUT2D eigenvalue weighted by Gasteiger charge is 2.01. The first-order chi connectivity index (χ1) is 26.5. The molecule has 0 aliphatic heterocycles. The second kappa shape index (κ2) is 53.3. The summed E-state index contributed by atoms with van der Waals surface area (Å²) in [5.74, 6) is -5.92. The van der Waals surface area contributed by atoms with Crippen molar-refractivity contribution in [1.82, 2.24) is 0 Å². The molecule has 0 aromatic carbocycles. The molecule has 0 saturated carbocycles. The molecule has 0 rings (SSSR count). The highest BCUT2D eigenvalue weighted by molar-refractivity contribution is 5.85. The predicted octanol–water partition coefficient (Wildman–Crippen LogP) is 9.95. The van der Waals surface area contributed by atoms with Crippen LogP contribution in [0, 0.1) is 0 Å². The molecule has 0 fully saturated rings. The molecule has 0 amide bonds. The van der Waals surface area contributed by atoms with Gasteiger partial charge >= 0.3 is 47.8 Å². The van der Waals surface area contributed by atoms with Crippen LogP contribution in [0.2, 0.25) is 0 Å². The van der Waals surface area contributed by atoms with Gasteiger partial charge in [-0.25, -0.2) is 0 Å². The minimum absolute atomic E-state index is 0. The summed E-state index contributed by atoms with van der Waals surface area (Å²) in [6.07, 6.45) is 23.3. The van der Waals surface area contributed by atoms with Crippen LogP contribution in [0.3, 0.4) is 0 Å². The monoisotopic (exact) mass is 880 g/mol. The van der Waals surface area contributed by atoms with Crippen LogP contribution in [0.4, 0.5) is 0 Å². The molecule has 0 aliphatic carbocycles. The third-order valence-electron chi connectivity index (χ3n) is 8.13. The van der Waals surface area contributed by atoms with Crippen molar-refractivity contribution in [2.75, 3.05) is 0 Å². The summed E-state index contributed by atoms with van der Waals surface area (Å²) in [7, 11) is 0. The lowest BCUT2D eigenvalue weighted by atomic mass is 10.1. The van der Waals surface area contributed by atoms with Gasteiger partial charge in [0.2, 0.25) is 0 Å². The van der Waals surface area contributed by atoms with Crippen molar-refractivity contribution in [3.05, 3.63) is 0 Å². The Morgan fingerprint density at radius 2 is 0.241 bits per heavy atom. The van der Waals surface area contributed by atoms with Crippen molar-refractivity contribution >= 4 is 72.6 Å². The molecular formula is C40H74Cl2O16. The summed E-state index contributed by atoms with van der Waals surface area (Å²) in [5, 5.41) is 66.8. The lowest BCUT2D eigenvalue weighted by Gasteiger charge is -1.98. The number of carboxylic acids is 8. The Kier molecular flexibility index (Phi) is 60.8. The van der Waals surface area contributed by atoms with Crippen molar-refractivity contribution in [1.29, 1.82) is 0 Å². The minimum atomic E-state index is -0.740. The Morgan fingerprint density at radius 1 is 0.172 bits per heavy atom. The standard InChI is InChI=1S/4C10H18O4.2ClH/c4*11-9(12)7-5-3-1-2-4-6-8-10(13)14;;/h4*1-8H2,(H,11,12)(H,13,14);2*1H. The van der Waals surface area contributed by atoms with Gasteiger partial charge < -0.3 is 40.9 Å². The Morgan fingerprint density at radius 3 is 0.310 bits per heavy atom. The Hall–Kier alpha value is -3.66. The quantitative estimate of drug-likeness (QED) is 0.0271. The van der Waals surface area contributed by atoms with Crippen LogP contribution in [0.5, 0.6) is 0 Å². The van der Waals surface area contributed by atoms with Crippen LogP contribution in [0.25, 0.3) is 0 Å². The van der Waals surface area contributed by atoms with E-state index in [1.54, 1.807) is 0 Å². The Balaban J connectivity index is -0.000000154. The Bertz CT molecular complexity index is 800. The first kappa shape index (κ1) is 66.2. The van der Waals surface area contributed by atoms with Gasteiger partial charge in [-0.1, -0.05) is 103 Å². The predicted molar refractivity (Wildman–Crippen MR) is 223 cm³/mol. The topological polar surface area (TPSA) is 298 Å². The van der Waals surface area contributed by atoms with Crippen LogP contribution in [-0.4, -0.2) is 88.6 Å². The first-order valence-electron chi connectivity index (χ1n) is 20.3. The largest absolute Gasteiger partial charge is 0.481 e. The molecule has 0 saturated heterocycles. The van der Waals surface area contributed by atoms with Crippen LogP contribution in [0.15, 0.2) is 0 Å². The third kappa shape index (κ3) is 84.8. The van der Waals surface area contributed by atoms with Gasteiger partial charge in [-0.2, -0.15) is 0 Å². The number of hydrogen-bond acceptors (Lipinski definition) is 8. The summed E-state index contributed by atoms with van der Waals surface area (Å²) >= 11 is 0. The molecule has 0 radical (unpaired) electrons. The van der Waals surface area contributed by atoms with Gasteiger partial charge in [0, 0.05) is 51.4 Å². The van der Waals surface area contributed by atoms with Crippen LogP contribution in [0.1, 0.15) is 205 Å². The molecule has 0 spiro atoms. The van der Waals surface area contributed by atoms with E-state index in [4.69, 9.17) is 40.9 Å². The van der Waals surface area contributed by atoms with E-state index in [1.165, 1.54) is 0 Å². The number of aliphatic carboxylic acids is 8. The molecule has 0 atom stereocenters. The maximum Gasteiger partial charge on any atom is 0.303 e. The molecule has 0 aromatic rings. The summed E-state index contributed by atoms with van der Waals surface area (Å²) in [4.78, 5) is 81.2. The van der Waals surface area contributed by atoms with Crippen molar-refractivity contribution in [3.8, 4) is 0 Å². The molecule has 58 heavy (non-hydrogen) atoms. The third-order valence-corrected chi connectivity index (χ3v) is 8.13. The molecular weight excluding hydrogens is 807 g/mol. The van der Waals surface area contributed by atoms with Gasteiger partial charge in [0.15, 0.2) is 0 Å². The number of hydrogen-bond donors (Lipinski definition) is 8. The fourth-order valence-electron chi connectivity index (χ4n) is 5.04. The van der Waals surface area contributed by atoms with E-state index in [2.05, 4.69) is 0 Å². The van der Waals surface area contributed by atoms with Gasteiger partial charge in [-0.3, -0.25) is 38.4 Å². The van der Waals surface area contributed by atoms with Crippen molar-refractivity contribution in [2.24, 2.45) is 0 Å². The van der Waals surface area contributed by atoms with Crippen LogP contribution >= 0.6 is 24.8 Å². The summed E-state index contributed by atoms with van der Waals surface area (Å²) < 4.78 is 0. The molecule has 16 nitrogen and oxygen atoms in total. The summed E-state index contributed by atoms with van der Waals surface area (Å²) in [6.45, 7) is 0. The Labute approximate surface area is 356 Å². The molecule has 344 valence electrons. The van der Waals surface area contributed by atoms with E-state index >= 15 is 0 Å². The fraction of sp³-hybridized carbons (Fsp3) is 0.800. The highest BCUT2D eigenvalue weighted by atomic mass is 35.5. The van der Waals surface area contributed by atoms with Gasteiger partial charge in [0.1, 0.15) is 0 Å². The zero-order chi connectivity index (χ0) is 43.2. The van der Waals surface area contributed by atoms with Crippen molar-refractivity contribution < 1.29 is 79.2 Å². The molecule has 18 heteroatoms. The van der Waals surface area contributed by atoms with Crippen molar-refractivity contribution in [2.45, 2.75) is 205 Å². The fourth-order valence-corrected chi connectivity index (χ4v) is 5.04. The van der Waals surface area contributed by atoms with Crippen LogP contribution < -0.4 is 0 Å². The summed E-state index contributed by atoms with van der Waals surface area (Å²) in [6, 6.07) is 0. The lowest BCUT2D eigenvalue weighted by Crippen LogP contribution is -1.94. The van der Waals surface area contributed by atoms with Gasteiger partial charge in [0.05, 0.1) is 0 Å². The van der Waals surface area contributed by atoms with Gasteiger partial charge in [0.25, 0.3) is 0 Å². The normalized spacial score (nSPS) is 9.66. The highest BCUT2D eigenvalue weighted by Crippen LogP contribution is 2.11. The molecule has 0 aliphatic rings. The van der Waals surface area contributed by atoms with E-state index in [-0.39, 0.29) is 76.2 Å². The van der Waals surface area contributed by atoms with E-state index < -0.39 is 47.8 Å². The van der Waals surface area contributed by atoms with Crippen molar-refractivity contribution in [3.63, 3.8) is 0 Å². The second-order valence-corrected chi connectivity index (χ2v) is 13.6. The number of rotatable bonds is 36. The van der Waals surface area contributed by atoms with E-state index in [0.29, 0.717) is 0 Å². The first-order valence-corrected chi connectivity index (χ1v) is 20.3. The number of unbranched alkanes of at least 4 members (excludes halogenated alkanes) is 20. The smallest absolute Gasteiger partial charge is 0.303 e. The number of carboxylic acid groups (broad SMARTS) is 8. The number of carbonyl (C=O) groups is 8. The molecule has 0 unspecified atom stereocenters.